The molecule has 1 amide bonds. The zero-order valence-corrected chi connectivity index (χ0v) is 15.0. The zero-order valence-electron chi connectivity index (χ0n) is 13.5. The van der Waals surface area contributed by atoms with Crippen LogP contribution in [-0.2, 0) is 15.1 Å². The third-order valence-electron chi connectivity index (χ3n) is 3.82. The standard InChI is InChI=1S/C17H21Cl2NO2/c1-10(2)22-15-11(3)9-20(16(15)21)17(4,5)12-6-13(18)8-14(19)7-12/h6-8,10H,9H2,1-5H3. The Morgan fingerprint density at radius 3 is 2.23 bits per heavy atom. The Balaban J connectivity index is 2.34. The van der Waals surface area contributed by atoms with Gasteiger partial charge in [-0.2, -0.15) is 0 Å². The summed E-state index contributed by atoms with van der Waals surface area (Å²) in [6, 6.07) is 5.37. The molecule has 0 atom stereocenters. The minimum Gasteiger partial charge on any atom is -0.485 e. The summed E-state index contributed by atoms with van der Waals surface area (Å²) in [4.78, 5) is 14.5. The SMILES string of the molecule is CC1=C(OC(C)C)C(=O)N(C(C)(C)c2cc(Cl)cc(Cl)c2)C1. The van der Waals surface area contributed by atoms with E-state index in [4.69, 9.17) is 27.9 Å². The molecule has 0 saturated carbocycles. The highest BCUT2D eigenvalue weighted by atomic mass is 35.5. The van der Waals surface area contributed by atoms with Gasteiger partial charge in [0.05, 0.1) is 11.6 Å². The van der Waals surface area contributed by atoms with Gasteiger partial charge in [0.15, 0.2) is 5.76 Å². The van der Waals surface area contributed by atoms with Crippen LogP contribution in [0.5, 0.6) is 0 Å². The van der Waals surface area contributed by atoms with E-state index in [1.165, 1.54) is 0 Å². The fraction of sp³-hybridized carbons (Fsp3) is 0.471. The van der Waals surface area contributed by atoms with Crippen LogP contribution in [0.1, 0.15) is 40.2 Å². The molecule has 0 saturated heterocycles. The average molecular weight is 342 g/mol. The maximum absolute atomic E-state index is 12.7. The maximum atomic E-state index is 12.7. The van der Waals surface area contributed by atoms with Crippen molar-refractivity contribution in [1.82, 2.24) is 4.90 Å². The van der Waals surface area contributed by atoms with Crippen molar-refractivity contribution in [3.8, 4) is 0 Å². The smallest absolute Gasteiger partial charge is 0.289 e. The number of ether oxygens (including phenoxy) is 1. The van der Waals surface area contributed by atoms with Crippen LogP contribution in [0, 0.1) is 0 Å². The molecule has 5 heteroatoms. The highest BCUT2D eigenvalue weighted by molar-refractivity contribution is 6.34. The fourth-order valence-electron chi connectivity index (χ4n) is 2.59. The molecule has 0 N–H and O–H groups in total. The molecule has 0 aliphatic carbocycles. The molecule has 2 rings (SSSR count). The summed E-state index contributed by atoms with van der Waals surface area (Å²) >= 11 is 12.2. The van der Waals surface area contributed by atoms with Crippen molar-refractivity contribution in [2.45, 2.75) is 46.3 Å². The fourth-order valence-corrected chi connectivity index (χ4v) is 3.11. The van der Waals surface area contributed by atoms with Crippen LogP contribution in [0.15, 0.2) is 29.5 Å². The van der Waals surface area contributed by atoms with Crippen LogP contribution in [0.4, 0.5) is 0 Å². The second-order valence-corrected chi connectivity index (χ2v) is 7.26. The summed E-state index contributed by atoms with van der Waals surface area (Å²) in [6.45, 7) is 10.3. The number of benzene rings is 1. The second-order valence-electron chi connectivity index (χ2n) is 6.38. The van der Waals surface area contributed by atoms with Crippen molar-refractivity contribution in [2.24, 2.45) is 0 Å². The first-order valence-electron chi connectivity index (χ1n) is 7.28. The maximum Gasteiger partial charge on any atom is 0.289 e. The van der Waals surface area contributed by atoms with E-state index in [0.717, 1.165) is 11.1 Å². The highest BCUT2D eigenvalue weighted by Crippen LogP contribution is 2.36. The monoisotopic (exact) mass is 341 g/mol. The number of amides is 1. The first-order chi connectivity index (χ1) is 10.1. The molecule has 0 unspecified atom stereocenters. The van der Waals surface area contributed by atoms with E-state index in [2.05, 4.69) is 0 Å². The lowest BCUT2D eigenvalue weighted by atomic mass is 9.92. The minimum atomic E-state index is -0.533. The minimum absolute atomic E-state index is 0.0300. The Bertz CT molecular complexity index is 615. The van der Waals surface area contributed by atoms with Gasteiger partial charge in [-0.1, -0.05) is 23.2 Å². The average Bonchev–Trinajstić information content (AvgIpc) is 2.65. The lowest BCUT2D eigenvalue weighted by Gasteiger charge is -2.36. The second kappa shape index (κ2) is 6.13. The number of nitrogens with zero attached hydrogens (tertiary/aromatic N) is 1. The molecule has 3 nitrogen and oxygen atoms in total. The van der Waals surface area contributed by atoms with Gasteiger partial charge in [-0.15, -0.1) is 0 Å². The summed E-state index contributed by atoms with van der Waals surface area (Å²) in [5.74, 6) is 0.364. The molecule has 22 heavy (non-hydrogen) atoms. The summed E-state index contributed by atoms with van der Waals surface area (Å²) in [6.07, 6.45) is -0.0300. The van der Waals surface area contributed by atoms with Gasteiger partial charge in [0.25, 0.3) is 5.91 Å². The molecule has 0 bridgehead atoms. The number of halogens is 2. The van der Waals surface area contributed by atoms with Gasteiger partial charge in [0.2, 0.25) is 0 Å². The molecule has 0 fully saturated rings. The van der Waals surface area contributed by atoms with Gasteiger partial charge < -0.3 is 9.64 Å². The Kier molecular flexibility index (Phi) is 4.78. The molecular weight excluding hydrogens is 321 g/mol. The lowest BCUT2D eigenvalue weighted by molar-refractivity contribution is -0.134. The summed E-state index contributed by atoms with van der Waals surface area (Å²) < 4.78 is 5.68. The van der Waals surface area contributed by atoms with E-state index in [9.17, 15) is 4.79 Å². The highest BCUT2D eigenvalue weighted by Gasteiger charge is 2.40. The van der Waals surface area contributed by atoms with E-state index < -0.39 is 5.54 Å². The Hall–Kier alpha value is -1.19. The van der Waals surface area contributed by atoms with E-state index in [0.29, 0.717) is 22.3 Å². The Morgan fingerprint density at radius 2 is 1.73 bits per heavy atom. The largest absolute Gasteiger partial charge is 0.485 e. The van der Waals surface area contributed by atoms with Crippen molar-refractivity contribution in [1.29, 1.82) is 0 Å². The van der Waals surface area contributed by atoms with E-state index >= 15 is 0 Å². The number of carbonyl (C=O) groups is 1. The quantitative estimate of drug-likeness (QED) is 0.789. The predicted octanol–water partition coefficient (Wildman–Crippen LogP) is 4.77. The van der Waals surface area contributed by atoms with Crippen LogP contribution in [0.3, 0.4) is 0 Å². The predicted molar refractivity (Wildman–Crippen MR) is 90.1 cm³/mol. The molecule has 1 aliphatic heterocycles. The van der Waals surface area contributed by atoms with Crippen molar-refractivity contribution >= 4 is 29.1 Å². The molecule has 1 aliphatic rings. The van der Waals surface area contributed by atoms with Crippen LogP contribution in [0.25, 0.3) is 0 Å². The summed E-state index contributed by atoms with van der Waals surface area (Å²) in [5, 5.41) is 1.12. The molecule has 0 spiro atoms. The van der Waals surface area contributed by atoms with Gasteiger partial charge in [0.1, 0.15) is 0 Å². The Morgan fingerprint density at radius 1 is 1.18 bits per heavy atom. The summed E-state index contributed by atoms with van der Waals surface area (Å²) in [7, 11) is 0. The van der Waals surface area contributed by atoms with Crippen LogP contribution in [-0.4, -0.2) is 23.5 Å². The molecule has 1 aromatic rings. The van der Waals surface area contributed by atoms with Crippen LogP contribution >= 0.6 is 23.2 Å². The normalized spacial score (nSPS) is 16.0. The molecule has 1 heterocycles. The molecule has 1 aromatic carbocycles. The number of hydrogen-bond donors (Lipinski definition) is 0. The Labute approximate surface area is 141 Å². The molecule has 0 aromatic heterocycles. The van der Waals surface area contributed by atoms with Crippen molar-refractivity contribution in [3.63, 3.8) is 0 Å². The topological polar surface area (TPSA) is 29.5 Å². The van der Waals surface area contributed by atoms with Gasteiger partial charge in [-0.05, 0) is 64.0 Å². The van der Waals surface area contributed by atoms with Gasteiger partial charge >= 0.3 is 0 Å². The third kappa shape index (κ3) is 3.26. The number of hydrogen-bond acceptors (Lipinski definition) is 2. The number of rotatable bonds is 4. The molecule has 120 valence electrons. The van der Waals surface area contributed by atoms with Gasteiger partial charge in [-0.25, -0.2) is 0 Å². The molecule has 0 radical (unpaired) electrons. The van der Waals surface area contributed by atoms with E-state index in [1.54, 1.807) is 11.0 Å². The van der Waals surface area contributed by atoms with Crippen LogP contribution in [0.2, 0.25) is 10.0 Å². The molecular formula is C17H21Cl2NO2. The van der Waals surface area contributed by atoms with Gasteiger partial charge in [0, 0.05) is 16.6 Å². The van der Waals surface area contributed by atoms with E-state index in [-0.39, 0.29) is 12.0 Å². The lowest BCUT2D eigenvalue weighted by Crippen LogP contribution is -2.43. The van der Waals surface area contributed by atoms with Crippen molar-refractivity contribution < 1.29 is 9.53 Å². The summed E-state index contributed by atoms with van der Waals surface area (Å²) in [5.41, 5.74) is 1.31. The van der Waals surface area contributed by atoms with E-state index in [1.807, 2.05) is 46.8 Å². The number of carbonyl (C=O) groups excluding carboxylic acids is 1. The van der Waals surface area contributed by atoms with Gasteiger partial charge in [-0.3, -0.25) is 4.79 Å². The van der Waals surface area contributed by atoms with Crippen LogP contribution < -0.4 is 0 Å². The van der Waals surface area contributed by atoms with Crippen molar-refractivity contribution in [3.05, 3.63) is 45.1 Å². The first kappa shape index (κ1) is 17.2. The third-order valence-corrected chi connectivity index (χ3v) is 4.26. The zero-order chi connectivity index (χ0) is 16.7. The first-order valence-corrected chi connectivity index (χ1v) is 8.03. The van der Waals surface area contributed by atoms with Crippen molar-refractivity contribution in [2.75, 3.05) is 6.54 Å².